The van der Waals surface area contributed by atoms with Gasteiger partial charge in [0.1, 0.15) is 5.75 Å². The van der Waals surface area contributed by atoms with E-state index in [9.17, 15) is 9.59 Å². The van der Waals surface area contributed by atoms with E-state index >= 15 is 0 Å². The van der Waals surface area contributed by atoms with Crippen molar-refractivity contribution in [2.24, 2.45) is 0 Å². The lowest BCUT2D eigenvalue weighted by molar-refractivity contribution is 0.0600. The van der Waals surface area contributed by atoms with Crippen molar-refractivity contribution in [1.82, 2.24) is 10.3 Å². The highest BCUT2D eigenvalue weighted by Gasteiger charge is 2.13. The number of aromatic nitrogens is 1. The lowest BCUT2D eigenvalue weighted by Gasteiger charge is -2.10. The molecule has 0 unspecified atom stereocenters. The van der Waals surface area contributed by atoms with E-state index in [2.05, 4.69) is 15.0 Å². The molecule has 1 N–H and O–H groups in total. The second kappa shape index (κ2) is 7.60. The summed E-state index contributed by atoms with van der Waals surface area (Å²) >= 11 is 5.91. The van der Waals surface area contributed by atoms with Gasteiger partial charge in [-0.3, -0.25) is 9.78 Å². The van der Waals surface area contributed by atoms with E-state index in [0.29, 0.717) is 27.6 Å². The molecule has 1 aromatic carbocycles. The molecule has 1 aromatic heterocycles. The molecule has 0 fully saturated rings. The van der Waals surface area contributed by atoms with Gasteiger partial charge in [-0.25, -0.2) is 4.79 Å². The van der Waals surface area contributed by atoms with Crippen molar-refractivity contribution in [2.75, 3.05) is 14.2 Å². The van der Waals surface area contributed by atoms with Crippen molar-refractivity contribution in [3.8, 4) is 5.75 Å². The molecule has 2 aromatic rings. The van der Waals surface area contributed by atoms with E-state index in [4.69, 9.17) is 16.3 Å². The van der Waals surface area contributed by atoms with Crippen molar-refractivity contribution < 1.29 is 19.1 Å². The number of methoxy groups -OCH3 is 2. The number of hydrogen-bond acceptors (Lipinski definition) is 5. The molecule has 0 spiro atoms. The number of pyridine rings is 1. The van der Waals surface area contributed by atoms with E-state index in [0.717, 1.165) is 0 Å². The molecule has 0 aliphatic carbocycles. The molecule has 120 valence electrons. The van der Waals surface area contributed by atoms with Crippen LogP contribution in [0.1, 0.15) is 26.4 Å². The first-order valence-electron chi connectivity index (χ1n) is 6.70. The first-order chi connectivity index (χ1) is 11.0. The number of amides is 1. The number of halogens is 1. The van der Waals surface area contributed by atoms with Crippen LogP contribution in [0.2, 0.25) is 5.02 Å². The van der Waals surface area contributed by atoms with E-state index in [1.54, 1.807) is 18.2 Å². The molecule has 0 atom stereocenters. The Morgan fingerprint density at radius 1 is 1.22 bits per heavy atom. The third kappa shape index (κ3) is 4.20. The second-order valence-electron chi connectivity index (χ2n) is 4.55. The third-order valence-electron chi connectivity index (χ3n) is 3.07. The smallest absolute Gasteiger partial charge is 0.337 e. The Bertz CT molecular complexity index is 734. The number of carbonyl (C=O) groups excluding carboxylic acids is 2. The van der Waals surface area contributed by atoms with Crippen LogP contribution in [0.15, 0.2) is 36.5 Å². The summed E-state index contributed by atoms with van der Waals surface area (Å²) < 4.78 is 9.79. The molecule has 1 amide bonds. The average molecular weight is 335 g/mol. The fourth-order valence-electron chi connectivity index (χ4n) is 1.94. The summed E-state index contributed by atoms with van der Waals surface area (Å²) in [5.74, 6) is -0.394. The van der Waals surface area contributed by atoms with Gasteiger partial charge in [0.2, 0.25) is 0 Å². The number of hydrogen-bond donors (Lipinski definition) is 1. The van der Waals surface area contributed by atoms with Crippen LogP contribution in [0.5, 0.6) is 5.75 Å². The quantitative estimate of drug-likeness (QED) is 0.850. The van der Waals surface area contributed by atoms with Crippen molar-refractivity contribution in [2.45, 2.75) is 6.54 Å². The topological polar surface area (TPSA) is 77.5 Å². The highest BCUT2D eigenvalue weighted by molar-refractivity contribution is 6.31. The fraction of sp³-hybridized carbons (Fsp3) is 0.188. The van der Waals surface area contributed by atoms with Crippen LogP contribution in [0.25, 0.3) is 0 Å². The molecular formula is C16H15ClN2O4. The first kappa shape index (κ1) is 16.8. The molecule has 0 saturated carbocycles. The van der Waals surface area contributed by atoms with Gasteiger partial charge in [-0.05, 0) is 30.3 Å². The van der Waals surface area contributed by atoms with Gasteiger partial charge in [0.25, 0.3) is 5.91 Å². The van der Waals surface area contributed by atoms with Crippen LogP contribution in [0.4, 0.5) is 0 Å². The summed E-state index contributed by atoms with van der Waals surface area (Å²) in [6, 6.07) is 7.87. The Hall–Kier alpha value is -2.60. The summed E-state index contributed by atoms with van der Waals surface area (Å²) in [4.78, 5) is 27.8. The third-order valence-corrected chi connectivity index (χ3v) is 3.31. The van der Waals surface area contributed by atoms with Gasteiger partial charge in [0, 0.05) is 11.2 Å². The standard InChI is InChI=1S/C16H15ClN2O4/c1-22-14-4-3-11(17)8-13(14)15(20)19-9-12-7-10(5-6-18-12)16(21)23-2/h3-8H,9H2,1-2H3,(H,19,20). The SMILES string of the molecule is COC(=O)c1ccnc(CNC(=O)c2cc(Cl)ccc2OC)c1. The molecule has 7 heteroatoms. The van der Waals surface area contributed by atoms with Crippen molar-refractivity contribution in [3.63, 3.8) is 0 Å². The normalized spacial score (nSPS) is 10.0. The van der Waals surface area contributed by atoms with Gasteiger partial charge in [0.05, 0.1) is 37.6 Å². The Labute approximate surface area is 138 Å². The molecular weight excluding hydrogens is 320 g/mol. The van der Waals surface area contributed by atoms with E-state index < -0.39 is 5.97 Å². The Kier molecular flexibility index (Phi) is 5.54. The highest BCUT2D eigenvalue weighted by Crippen LogP contribution is 2.22. The van der Waals surface area contributed by atoms with Crippen molar-refractivity contribution in [3.05, 3.63) is 58.4 Å². The summed E-state index contributed by atoms with van der Waals surface area (Å²) in [5.41, 5.74) is 1.22. The molecule has 0 radical (unpaired) electrons. The molecule has 1 heterocycles. The maximum atomic E-state index is 12.3. The summed E-state index contributed by atoms with van der Waals surface area (Å²) in [6.45, 7) is 0.152. The van der Waals surface area contributed by atoms with Gasteiger partial charge in [-0.1, -0.05) is 11.6 Å². The van der Waals surface area contributed by atoms with Gasteiger partial charge in [-0.15, -0.1) is 0 Å². The van der Waals surface area contributed by atoms with Gasteiger partial charge in [0.15, 0.2) is 0 Å². The minimum absolute atomic E-state index is 0.152. The molecule has 23 heavy (non-hydrogen) atoms. The lowest BCUT2D eigenvalue weighted by Crippen LogP contribution is -2.24. The number of nitrogens with zero attached hydrogens (tertiary/aromatic N) is 1. The molecule has 6 nitrogen and oxygen atoms in total. The van der Waals surface area contributed by atoms with E-state index in [-0.39, 0.29) is 12.5 Å². The number of ether oxygens (including phenoxy) is 2. The van der Waals surface area contributed by atoms with Crippen molar-refractivity contribution >= 4 is 23.5 Å². The maximum Gasteiger partial charge on any atom is 0.337 e. The Morgan fingerprint density at radius 3 is 2.70 bits per heavy atom. The average Bonchev–Trinajstić information content (AvgIpc) is 2.59. The predicted octanol–water partition coefficient (Wildman–Crippen LogP) is 2.46. The number of esters is 1. The number of rotatable bonds is 5. The molecule has 0 aliphatic rings. The number of benzene rings is 1. The minimum Gasteiger partial charge on any atom is -0.496 e. The zero-order valence-electron chi connectivity index (χ0n) is 12.6. The number of nitrogens with one attached hydrogen (secondary N) is 1. The lowest BCUT2D eigenvalue weighted by atomic mass is 10.2. The molecule has 0 saturated heterocycles. The van der Waals surface area contributed by atoms with Gasteiger partial charge >= 0.3 is 5.97 Å². The summed E-state index contributed by atoms with van der Waals surface area (Å²) in [6.07, 6.45) is 1.48. The van der Waals surface area contributed by atoms with Crippen LogP contribution < -0.4 is 10.1 Å². The Balaban J connectivity index is 2.10. The monoisotopic (exact) mass is 334 g/mol. The largest absolute Gasteiger partial charge is 0.496 e. The van der Waals surface area contributed by atoms with E-state index in [1.807, 2.05) is 0 Å². The summed E-state index contributed by atoms with van der Waals surface area (Å²) in [7, 11) is 2.77. The van der Waals surface area contributed by atoms with Crippen LogP contribution in [-0.2, 0) is 11.3 Å². The molecule has 2 rings (SSSR count). The second-order valence-corrected chi connectivity index (χ2v) is 4.99. The zero-order chi connectivity index (χ0) is 16.8. The fourth-order valence-corrected chi connectivity index (χ4v) is 2.12. The zero-order valence-corrected chi connectivity index (χ0v) is 13.4. The van der Waals surface area contributed by atoms with Crippen LogP contribution in [0, 0.1) is 0 Å². The number of carbonyl (C=O) groups is 2. The maximum absolute atomic E-state index is 12.3. The predicted molar refractivity (Wildman–Crippen MR) is 84.8 cm³/mol. The first-order valence-corrected chi connectivity index (χ1v) is 7.08. The Morgan fingerprint density at radius 2 is 2.00 bits per heavy atom. The van der Waals surface area contributed by atoms with Crippen LogP contribution in [-0.4, -0.2) is 31.1 Å². The highest BCUT2D eigenvalue weighted by atomic mass is 35.5. The van der Waals surface area contributed by atoms with Crippen LogP contribution >= 0.6 is 11.6 Å². The minimum atomic E-state index is -0.462. The van der Waals surface area contributed by atoms with Crippen molar-refractivity contribution in [1.29, 1.82) is 0 Å². The molecule has 0 aliphatic heterocycles. The molecule has 0 bridgehead atoms. The summed E-state index contributed by atoms with van der Waals surface area (Å²) in [5, 5.41) is 3.14. The van der Waals surface area contributed by atoms with Crippen LogP contribution in [0.3, 0.4) is 0 Å². The van der Waals surface area contributed by atoms with E-state index in [1.165, 1.54) is 32.5 Å². The van der Waals surface area contributed by atoms with Gasteiger partial charge < -0.3 is 14.8 Å². The van der Waals surface area contributed by atoms with Gasteiger partial charge in [-0.2, -0.15) is 0 Å².